The third-order valence-electron chi connectivity index (χ3n) is 2.09. The first-order chi connectivity index (χ1) is 7.33. The van der Waals surface area contributed by atoms with Gasteiger partial charge in [-0.3, -0.25) is 4.68 Å². The van der Waals surface area contributed by atoms with Crippen molar-refractivity contribution in [2.75, 3.05) is 19.6 Å². The van der Waals surface area contributed by atoms with Crippen LogP contribution in [0, 0.1) is 0 Å². The maximum atomic E-state index is 4.00. The number of hydrogen-bond donors (Lipinski definition) is 2. The van der Waals surface area contributed by atoms with Crippen LogP contribution in [0.2, 0.25) is 0 Å². The molecular weight excluding hydrogens is 190 g/mol. The molecule has 0 unspecified atom stereocenters. The first-order valence-electron chi connectivity index (χ1n) is 5.59. The summed E-state index contributed by atoms with van der Waals surface area (Å²) in [5, 5.41) is 14.6. The van der Waals surface area contributed by atoms with E-state index in [1.54, 1.807) is 4.68 Å². The van der Waals surface area contributed by atoms with Crippen molar-refractivity contribution in [2.45, 2.75) is 26.3 Å². The minimum atomic E-state index is 0.807. The van der Waals surface area contributed by atoms with Gasteiger partial charge in [0.25, 0.3) is 0 Å². The van der Waals surface area contributed by atoms with Gasteiger partial charge >= 0.3 is 0 Å². The summed E-state index contributed by atoms with van der Waals surface area (Å²) in [6, 6.07) is 0. The molecule has 0 radical (unpaired) electrons. The van der Waals surface area contributed by atoms with Gasteiger partial charge in [-0.25, -0.2) is 0 Å². The van der Waals surface area contributed by atoms with Crippen molar-refractivity contribution in [1.29, 1.82) is 0 Å². The van der Waals surface area contributed by atoms with E-state index in [1.165, 1.54) is 6.42 Å². The van der Waals surface area contributed by atoms with Crippen LogP contribution >= 0.6 is 0 Å². The molecule has 0 aromatic carbocycles. The van der Waals surface area contributed by atoms with Crippen molar-refractivity contribution in [3.8, 4) is 0 Å². The molecule has 0 aliphatic heterocycles. The van der Waals surface area contributed by atoms with Gasteiger partial charge in [0.05, 0.1) is 5.69 Å². The van der Waals surface area contributed by atoms with Crippen molar-refractivity contribution in [3.05, 3.63) is 11.9 Å². The highest BCUT2D eigenvalue weighted by Crippen LogP contribution is 1.89. The van der Waals surface area contributed by atoms with Crippen molar-refractivity contribution in [2.24, 2.45) is 7.05 Å². The van der Waals surface area contributed by atoms with E-state index in [0.717, 1.165) is 38.3 Å². The van der Waals surface area contributed by atoms with E-state index in [2.05, 4.69) is 27.9 Å². The number of nitrogens with zero attached hydrogens (tertiary/aromatic N) is 3. The van der Waals surface area contributed by atoms with E-state index in [-0.39, 0.29) is 0 Å². The molecule has 15 heavy (non-hydrogen) atoms. The average molecular weight is 211 g/mol. The lowest BCUT2D eigenvalue weighted by Gasteiger charge is -2.03. The van der Waals surface area contributed by atoms with Crippen LogP contribution in [0.25, 0.3) is 0 Å². The molecule has 0 saturated heterocycles. The molecule has 0 aliphatic carbocycles. The van der Waals surface area contributed by atoms with Gasteiger partial charge < -0.3 is 10.6 Å². The smallest absolute Gasteiger partial charge is 0.0964 e. The van der Waals surface area contributed by atoms with Crippen molar-refractivity contribution < 1.29 is 0 Å². The Kier molecular flexibility index (Phi) is 5.96. The minimum Gasteiger partial charge on any atom is -0.317 e. The van der Waals surface area contributed by atoms with Crippen molar-refractivity contribution >= 4 is 0 Å². The predicted molar refractivity (Wildman–Crippen MR) is 60.5 cm³/mol. The van der Waals surface area contributed by atoms with Gasteiger partial charge in [-0.15, -0.1) is 5.10 Å². The summed E-state index contributed by atoms with van der Waals surface area (Å²) < 4.78 is 1.72. The maximum absolute atomic E-state index is 4.00. The van der Waals surface area contributed by atoms with E-state index >= 15 is 0 Å². The Balaban J connectivity index is 1.93. The standard InChI is InChI=1S/C10H21N5/c1-3-5-11-6-4-7-12-8-10-9-15(2)14-13-10/h9,11-12H,3-8H2,1-2H3. The van der Waals surface area contributed by atoms with Gasteiger partial charge in [0, 0.05) is 19.8 Å². The quantitative estimate of drug-likeness (QED) is 0.607. The lowest BCUT2D eigenvalue weighted by molar-refractivity contribution is 0.588. The zero-order chi connectivity index (χ0) is 10.9. The highest BCUT2D eigenvalue weighted by Gasteiger charge is 1.96. The zero-order valence-corrected chi connectivity index (χ0v) is 9.66. The van der Waals surface area contributed by atoms with Crippen LogP contribution in [0.3, 0.4) is 0 Å². The lowest BCUT2D eigenvalue weighted by atomic mass is 10.4. The molecule has 86 valence electrons. The minimum absolute atomic E-state index is 0.807. The zero-order valence-electron chi connectivity index (χ0n) is 9.66. The summed E-state index contributed by atoms with van der Waals surface area (Å²) >= 11 is 0. The van der Waals surface area contributed by atoms with Crippen LogP contribution < -0.4 is 10.6 Å². The van der Waals surface area contributed by atoms with Gasteiger partial charge in [0.15, 0.2) is 0 Å². The second-order valence-electron chi connectivity index (χ2n) is 3.66. The van der Waals surface area contributed by atoms with Crippen LogP contribution in [0.1, 0.15) is 25.5 Å². The SMILES string of the molecule is CCCNCCCNCc1cn(C)nn1. The first kappa shape index (κ1) is 12.1. The van der Waals surface area contributed by atoms with Gasteiger partial charge in [-0.1, -0.05) is 12.1 Å². The Labute approximate surface area is 91.2 Å². The van der Waals surface area contributed by atoms with Crippen LogP contribution in [-0.4, -0.2) is 34.6 Å². The number of aryl methyl sites for hydroxylation is 1. The summed E-state index contributed by atoms with van der Waals surface area (Å²) in [6.45, 7) is 6.21. The number of rotatable bonds is 8. The highest BCUT2D eigenvalue weighted by atomic mass is 15.4. The monoisotopic (exact) mass is 211 g/mol. The van der Waals surface area contributed by atoms with E-state index in [9.17, 15) is 0 Å². The molecule has 5 nitrogen and oxygen atoms in total. The molecule has 0 saturated carbocycles. The van der Waals surface area contributed by atoms with Crippen molar-refractivity contribution in [3.63, 3.8) is 0 Å². The van der Waals surface area contributed by atoms with Gasteiger partial charge in [0.1, 0.15) is 0 Å². The second-order valence-corrected chi connectivity index (χ2v) is 3.66. The normalized spacial score (nSPS) is 10.8. The van der Waals surface area contributed by atoms with Crippen LogP contribution in [0.15, 0.2) is 6.20 Å². The molecule has 0 atom stereocenters. The first-order valence-corrected chi connectivity index (χ1v) is 5.59. The Bertz CT molecular complexity index is 258. The summed E-state index contributed by atoms with van der Waals surface area (Å²) in [6.07, 6.45) is 4.29. The summed E-state index contributed by atoms with van der Waals surface area (Å²) in [5.41, 5.74) is 0.999. The van der Waals surface area contributed by atoms with E-state index in [1.807, 2.05) is 13.2 Å². The molecule has 1 heterocycles. The molecule has 1 rings (SSSR count). The Hall–Kier alpha value is -0.940. The van der Waals surface area contributed by atoms with Gasteiger partial charge in [-0.2, -0.15) is 0 Å². The molecular formula is C10H21N5. The van der Waals surface area contributed by atoms with Crippen LogP contribution in [0.5, 0.6) is 0 Å². The van der Waals surface area contributed by atoms with Gasteiger partial charge in [-0.05, 0) is 32.5 Å². The third kappa shape index (κ3) is 5.49. The molecule has 0 spiro atoms. The van der Waals surface area contributed by atoms with Crippen LogP contribution in [0.4, 0.5) is 0 Å². The topological polar surface area (TPSA) is 54.8 Å². The molecule has 0 fully saturated rings. The number of hydrogen-bond acceptors (Lipinski definition) is 4. The Morgan fingerprint density at radius 1 is 1.27 bits per heavy atom. The van der Waals surface area contributed by atoms with E-state index in [4.69, 9.17) is 0 Å². The van der Waals surface area contributed by atoms with Crippen LogP contribution in [-0.2, 0) is 13.6 Å². The van der Waals surface area contributed by atoms with Crippen molar-refractivity contribution in [1.82, 2.24) is 25.6 Å². The molecule has 0 aliphatic rings. The molecule has 0 bridgehead atoms. The predicted octanol–water partition coefficient (Wildman–Crippen LogP) is 0.294. The van der Waals surface area contributed by atoms with E-state index in [0.29, 0.717) is 0 Å². The molecule has 2 N–H and O–H groups in total. The highest BCUT2D eigenvalue weighted by molar-refractivity contribution is 4.90. The lowest BCUT2D eigenvalue weighted by Crippen LogP contribution is -2.22. The summed E-state index contributed by atoms with van der Waals surface area (Å²) in [7, 11) is 1.88. The fourth-order valence-electron chi connectivity index (χ4n) is 1.33. The number of nitrogens with one attached hydrogen (secondary N) is 2. The molecule has 0 amide bonds. The maximum Gasteiger partial charge on any atom is 0.0964 e. The largest absolute Gasteiger partial charge is 0.317 e. The Morgan fingerprint density at radius 3 is 2.73 bits per heavy atom. The number of aromatic nitrogens is 3. The second kappa shape index (κ2) is 7.36. The van der Waals surface area contributed by atoms with Gasteiger partial charge in [0.2, 0.25) is 0 Å². The third-order valence-corrected chi connectivity index (χ3v) is 2.09. The average Bonchev–Trinajstić information content (AvgIpc) is 2.63. The summed E-state index contributed by atoms with van der Waals surface area (Å²) in [4.78, 5) is 0. The molecule has 5 heteroatoms. The fourth-order valence-corrected chi connectivity index (χ4v) is 1.33. The Morgan fingerprint density at radius 2 is 2.07 bits per heavy atom. The fraction of sp³-hybridized carbons (Fsp3) is 0.800. The molecule has 1 aromatic heterocycles. The molecule has 1 aromatic rings. The van der Waals surface area contributed by atoms with E-state index < -0.39 is 0 Å². The summed E-state index contributed by atoms with van der Waals surface area (Å²) in [5.74, 6) is 0.